The molecule has 0 spiro atoms. The van der Waals surface area contributed by atoms with E-state index in [1.165, 1.54) is 16.0 Å². The van der Waals surface area contributed by atoms with Gasteiger partial charge in [-0.2, -0.15) is 0 Å². The molecule has 0 bridgehead atoms. The molecule has 2 aromatic heterocycles. The van der Waals surface area contributed by atoms with Crippen molar-refractivity contribution in [2.45, 2.75) is 13.0 Å². The van der Waals surface area contributed by atoms with E-state index in [2.05, 4.69) is 40.8 Å². The zero-order valence-corrected chi connectivity index (χ0v) is 9.71. The standard InChI is InChI=1S/C12H14N2S/c1-9-6-10(8-14-7-9)12(13-2)11-4-3-5-15-11/h3-8,12-13H,1-2H3. The smallest absolute Gasteiger partial charge is 0.0683 e. The van der Waals surface area contributed by atoms with Crippen LogP contribution in [-0.4, -0.2) is 12.0 Å². The Morgan fingerprint density at radius 3 is 2.87 bits per heavy atom. The first-order valence-corrected chi connectivity index (χ1v) is 5.81. The Labute approximate surface area is 94.0 Å². The topological polar surface area (TPSA) is 24.9 Å². The van der Waals surface area contributed by atoms with Gasteiger partial charge in [0.1, 0.15) is 0 Å². The van der Waals surface area contributed by atoms with Crippen LogP contribution in [0.1, 0.15) is 22.0 Å². The predicted octanol–water partition coefficient (Wildman–Crippen LogP) is 2.76. The number of aryl methyl sites for hydroxylation is 1. The van der Waals surface area contributed by atoms with Gasteiger partial charge < -0.3 is 5.32 Å². The molecule has 0 aliphatic heterocycles. The lowest BCUT2D eigenvalue weighted by Gasteiger charge is -2.14. The molecule has 0 amide bonds. The van der Waals surface area contributed by atoms with Gasteiger partial charge in [0.25, 0.3) is 0 Å². The van der Waals surface area contributed by atoms with Gasteiger partial charge in [-0.15, -0.1) is 11.3 Å². The van der Waals surface area contributed by atoms with Gasteiger partial charge in [-0.3, -0.25) is 4.98 Å². The summed E-state index contributed by atoms with van der Waals surface area (Å²) >= 11 is 1.77. The SMILES string of the molecule is CNC(c1cncc(C)c1)c1cccs1. The van der Waals surface area contributed by atoms with Crippen LogP contribution in [0.2, 0.25) is 0 Å². The molecule has 2 heterocycles. The average molecular weight is 218 g/mol. The minimum absolute atomic E-state index is 0.261. The molecule has 1 unspecified atom stereocenters. The van der Waals surface area contributed by atoms with Crippen molar-refractivity contribution < 1.29 is 0 Å². The highest BCUT2D eigenvalue weighted by Crippen LogP contribution is 2.25. The second-order valence-corrected chi connectivity index (χ2v) is 4.51. The van der Waals surface area contributed by atoms with Gasteiger partial charge in [0.15, 0.2) is 0 Å². The van der Waals surface area contributed by atoms with E-state index in [0.29, 0.717) is 0 Å². The Balaban J connectivity index is 2.35. The number of hydrogen-bond donors (Lipinski definition) is 1. The molecule has 0 aromatic carbocycles. The summed E-state index contributed by atoms with van der Waals surface area (Å²) in [6, 6.07) is 6.66. The summed E-state index contributed by atoms with van der Waals surface area (Å²) in [5, 5.41) is 5.42. The van der Waals surface area contributed by atoms with Crippen LogP contribution in [0.5, 0.6) is 0 Å². The fourth-order valence-corrected chi connectivity index (χ4v) is 2.53. The Morgan fingerprint density at radius 2 is 2.27 bits per heavy atom. The number of nitrogens with zero attached hydrogens (tertiary/aromatic N) is 1. The summed E-state index contributed by atoms with van der Waals surface area (Å²) in [6.07, 6.45) is 3.80. The maximum absolute atomic E-state index is 4.23. The third-order valence-electron chi connectivity index (χ3n) is 2.35. The molecule has 0 aliphatic carbocycles. The van der Waals surface area contributed by atoms with Gasteiger partial charge in [0.05, 0.1) is 6.04 Å². The number of rotatable bonds is 3. The highest BCUT2D eigenvalue weighted by molar-refractivity contribution is 7.10. The molecule has 0 aliphatic rings. The summed E-state index contributed by atoms with van der Waals surface area (Å²) in [7, 11) is 1.98. The van der Waals surface area contributed by atoms with Crippen LogP contribution in [0.15, 0.2) is 36.0 Å². The quantitative estimate of drug-likeness (QED) is 0.857. The van der Waals surface area contributed by atoms with Crippen LogP contribution in [-0.2, 0) is 0 Å². The second kappa shape index (κ2) is 4.55. The summed E-state index contributed by atoms with van der Waals surface area (Å²) in [5.74, 6) is 0. The van der Waals surface area contributed by atoms with E-state index in [-0.39, 0.29) is 6.04 Å². The maximum atomic E-state index is 4.23. The Kier molecular flexibility index (Phi) is 3.14. The van der Waals surface area contributed by atoms with Crippen molar-refractivity contribution in [3.63, 3.8) is 0 Å². The number of thiophene rings is 1. The monoisotopic (exact) mass is 218 g/mol. The van der Waals surface area contributed by atoms with E-state index in [9.17, 15) is 0 Å². The van der Waals surface area contributed by atoms with Crippen LogP contribution in [0, 0.1) is 6.92 Å². The van der Waals surface area contributed by atoms with Gasteiger partial charge in [-0.05, 0) is 36.5 Å². The minimum atomic E-state index is 0.261. The lowest BCUT2D eigenvalue weighted by Crippen LogP contribution is -2.16. The molecule has 1 N–H and O–H groups in total. The van der Waals surface area contributed by atoms with E-state index in [1.54, 1.807) is 11.3 Å². The first kappa shape index (κ1) is 10.3. The van der Waals surface area contributed by atoms with E-state index in [0.717, 1.165) is 0 Å². The van der Waals surface area contributed by atoms with Crippen molar-refractivity contribution in [2.24, 2.45) is 0 Å². The number of pyridine rings is 1. The predicted molar refractivity (Wildman–Crippen MR) is 64.2 cm³/mol. The van der Waals surface area contributed by atoms with Gasteiger partial charge in [0, 0.05) is 17.3 Å². The van der Waals surface area contributed by atoms with Crippen molar-refractivity contribution in [1.82, 2.24) is 10.3 Å². The molecule has 0 saturated heterocycles. The van der Waals surface area contributed by atoms with Gasteiger partial charge in [0.2, 0.25) is 0 Å². The van der Waals surface area contributed by atoms with E-state index < -0.39 is 0 Å². The molecule has 0 fully saturated rings. The maximum Gasteiger partial charge on any atom is 0.0683 e. The highest BCUT2D eigenvalue weighted by Gasteiger charge is 2.12. The largest absolute Gasteiger partial charge is 0.309 e. The molecule has 78 valence electrons. The van der Waals surface area contributed by atoms with Gasteiger partial charge in [-0.25, -0.2) is 0 Å². The van der Waals surface area contributed by atoms with Crippen molar-refractivity contribution >= 4 is 11.3 Å². The highest BCUT2D eigenvalue weighted by atomic mass is 32.1. The molecule has 2 aromatic rings. The van der Waals surface area contributed by atoms with Gasteiger partial charge >= 0.3 is 0 Å². The molecular weight excluding hydrogens is 204 g/mol. The molecule has 0 saturated carbocycles. The molecule has 2 nitrogen and oxygen atoms in total. The summed E-state index contributed by atoms with van der Waals surface area (Å²) in [5.41, 5.74) is 2.42. The van der Waals surface area contributed by atoms with E-state index in [4.69, 9.17) is 0 Å². The molecule has 3 heteroatoms. The van der Waals surface area contributed by atoms with Crippen LogP contribution in [0.4, 0.5) is 0 Å². The second-order valence-electron chi connectivity index (χ2n) is 3.53. The van der Waals surface area contributed by atoms with Crippen LogP contribution in [0.3, 0.4) is 0 Å². The Morgan fingerprint density at radius 1 is 1.40 bits per heavy atom. The lowest BCUT2D eigenvalue weighted by molar-refractivity contribution is 0.700. The third kappa shape index (κ3) is 2.25. The first-order valence-electron chi connectivity index (χ1n) is 4.93. The third-order valence-corrected chi connectivity index (χ3v) is 3.28. The van der Waals surface area contributed by atoms with Crippen LogP contribution < -0.4 is 5.32 Å². The van der Waals surface area contributed by atoms with E-state index in [1.807, 2.05) is 19.4 Å². The number of nitrogens with one attached hydrogen (secondary N) is 1. The summed E-state index contributed by atoms with van der Waals surface area (Å²) in [6.45, 7) is 2.07. The summed E-state index contributed by atoms with van der Waals surface area (Å²) < 4.78 is 0. The van der Waals surface area contributed by atoms with Crippen molar-refractivity contribution in [1.29, 1.82) is 0 Å². The normalized spacial score (nSPS) is 12.7. The van der Waals surface area contributed by atoms with Crippen molar-refractivity contribution in [3.05, 3.63) is 52.0 Å². The van der Waals surface area contributed by atoms with Crippen LogP contribution in [0.25, 0.3) is 0 Å². The fraction of sp³-hybridized carbons (Fsp3) is 0.250. The molecule has 15 heavy (non-hydrogen) atoms. The van der Waals surface area contributed by atoms with Crippen molar-refractivity contribution in [3.8, 4) is 0 Å². The lowest BCUT2D eigenvalue weighted by atomic mass is 10.1. The van der Waals surface area contributed by atoms with Gasteiger partial charge in [-0.1, -0.05) is 12.1 Å². The minimum Gasteiger partial charge on any atom is -0.309 e. The average Bonchev–Trinajstić information content (AvgIpc) is 2.72. The molecular formula is C12H14N2S. The number of hydrogen-bond acceptors (Lipinski definition) is 3. The zero-order chi connectivity index (χ0) is 10.7. The fourth-order valence-electron chi connectivity index (χ4n) is 1.66. The van der Waals surface area contributed by atoms with E-state index >= 15 is 0 Å². The first-order chi connectivity index (χ1) is 7.31. The molecule has 1 atom stereocenters. The Bertz CT molecular complexity index is 423. The number of aromatic nitrogens is 1. The molecule has 0 radical (unpaired) electrons. The zero-order valence-electron chi connectivity index (χ0n) is 8.90. The summed E-state index contributed by atoms with van der Waals surface area (Å²) in [4.78, 5) is 5.55. The van der Waals surface area contributed by atoms with Crippen LogP contribution >= 0.6 is 11.3 Å². The van der Waals surface area contributed by atoms with Crippen molar-refractivity contribution in [2.75, 3.05) is 7.05 Å². The molecule has 2 rings (SSSR count). The Hall–Kier alpha value is -1.19.